The maximum absolute atomic E-state index is 13.2. The van der Waals surface area contributed by atoms with Crippen LogP contribution >= 0.6 is 0 Å². The first kappa shape index (κ1) is 19.0. The molecular formula is C22H26N2O3S. The number of hydrogen-bond acceptors (Lipinski definition) is 3. The number of methoxy groups -OCH3 is 1. The fourth-order valence-electron chi connectivity index (χ4n) is 3.78. The lowest BCUT2D eigenvalue weighted by Gasteiger charge is -2.27. The molecule has 0 bridgehead atoms. The summed E-state index contributed by atoms with van der Waals surface area (Å²) in [5.41, 5.74) is 4.27. The van der Waals surface area contributed by atoms with E-state index < -0.39 is 10.0 Å². The third-order valence-corrected chi connectivity index (χ3v) is 7.36. The fraction of sp³-hybridized carbons (Fsp3) is 0.364. The summed E-state index contributed by atoms with van der Waals surface area (Å²) >= 11 is 0. The zero-order valence-electron chi connectivity index (χ0n) is 16.7. The second-order valence-corrected chi connectivity index (χ2v) is 10.3. The van der Waals surface area contributed by atoms with Crippen molar-refractivity contribution < 1.29 is 13.2 Å². The van der Waals surface area contributed by atoms with E-state index >= 15 is 0 Å². The molecule has 0 amide bonds. The van der Waals surface area contributed by atoms with Gasteiger partial charge in [-0.25, -0.2) is 8.42 Å². The molecule has 5 nitrogen and oxygen atoms in total. The van der Waals surface area contributed by atoms with Crippen LogP contribution in [0.4, 0.5) is 0 Å². The molecule has 0 saturated carbocycles. The average molecular weight is 399 g/mol. The Hall–Kier alpha value is -2.31. The summed E-state index contributed by atoms with van der Waals surface area (Å²) in [6.07, 6.45) is 0.672. The molecule has 0 aliphatic carbocycles. The monoisotopic (exact) mass is 398 g/mol. The SMILES string of the molecule is COc1ccc2[nH]c3c(c2c1)CN(S(=O)(=O)c1ccc(C(C)(C)C)cc1)CC3. The molecule has 1 aromatic heterocycles. The normalized spacial score (nSPS) is 15.6. The number of benzene rings is 2. The van der Waals surface area contributed by atoms with Gasteiger partial charge >= 0.3 is 0 Å². The van der Waals surface area contributed by atoms with Crippen LogP contribution in [0.2, 0.25) is 0 Å². The van der Waals surface area contributed by atoms with Crippen LogP contribution in [0.1, 0.15) is 37.6 Å². The van der Waals surface area contributed by atoms with E-state index in [-0.39, 0.29) is 5.41 Å². The molecule has 4 rings (SSSR count). The van der Waals surface area contributed by atoms with Gasteiger partial charge in [0.2, 0.25) is 10.0 Å². The summed E-state index contributed by atoms with van der Waals surface area (Å²) in [7, 11) is -1.90. The van der Waals surface area contributed by atoms with Crippen molar-refractivity contribution in [3.05, 3.63) is 59.3 Å². The average Bonchev–Trinajstić information content (AvgIpc) is 3.04. The number of H-pyrrole nitrogens is 1. The molecule has 0 spiro atoms. The Bertz CT molecular complexity index is 1120. The minimum atomic E-state index is -3.54. The standard InChI is InChI=1S/C22H26N2O3S/c1-22(2,3)15-5-8-17(9-6-15)28(25,26)24-12-11-21-19(14-24)18-13-16(27-4)7-10-20(18)23-21/h5-10,13,23H,11-12,14H2,1-4H3. The van der Waals surface area contributed by atoms with Crippen molar-refractivity contribution in [1.82, 2.24) is 9.29 Å². The van der Waals surface area contributed by atoms with Crippen molar-refractivity contribution in [1.29, 1.82) is 0 Å². The van der Waals surface area contributed by atoms with Crippen LogP contribution in [0.25, 0.3) is 10.9 Å². The Morgan fingerprint density at radius 3 is 2.43 bits per heavy atom. The lowest BCUT2D eigenvalue weighted by atomic mass is 9.87. The first-order valence-electron chi connectivity index (χ1n) is 9.48. The molecule has 0 fully saturated rings. The molecule has 1 aliphatic heterocycles. The largest absolute Gasteiger partial charge is 0.497 e. The summed E-state index contributed by atoms with van der Waals surface area (Å²) in [5.74, 6) is 0.770. The molecule has 1 N–H and O–H groups in total. The Morgan fingerprint density at radius 1 is 1.07 bits per heavy atom. The van der Waals surface area contributed by atoms with Crippen molar-refractivity contribution in [2.24, 2.45) is 0 Å². The maximum Gasteiger partial charge on any atom is 0.243 e. The number of nitrogens with one attached hydrogen (secondary N) is 1. The van der Waals surface area contributed by atoms with Crippen molar-refractivity contribution in [2.75, 3.05) is 13.7 Å². The molecule has 0 atom stereocenters. The summed E-state index contributed by atoms with van der Waals surface area (Å²) in [4.78, 5) is 3.77. The molecule has 3 aromatic rings. The number of ether oxygens (including phenoxy) is 1. The zero-order chi connectivity index (χ0) is 20.1. The van der Waals surface area contributed by atoms with Crippen molar-refractivity contribution in [2.45, 2.75) is 44.0 Å². The minimum Gasteiger partial charge on any atom is -0.497 e. The van der Waals surface area contributed by atoms with E-state index in [2.05, 4.69) is 25.8 Å². The molecule has 0 unspecified atom stereocenters. The summed E-state index contributed by atoms with van der Waals surface area (Å²) in [5, 5.41) is 1.03. The lowest BCUT2D eigenvalue weighted by Crippen LogP contribution is -2.35. The number of fused-ring (bicyclic) bond motifs is 3. The van der Waals surface area contributed by atoms with E-state index in [1.54, 1.807) is 23.5 Å². The molecule has 148 valence electrons. The molecule has 0 radical (unpaired) electrons. The lowest BCUT2D eigenvalue weighted by molar-refractivity contribution is 0.391. The van der Waals surface area contributed by atoms with Crippen LogP contribution in [-0.2, 0) is 28.4 Å². The van der Waals surface area contributed by atoms with E-state index in [1.807, 2.05) is 30.3 Å². The van der Waals surface area contributed by atoms with Crippen LogP contribution in [0.15, 0.2) is 47.4 Å². The molecule has 0 saturated heterocycles. The van der Waals surface area contributed by atoms with Gasteiger partial charge in [-0.2, -0.15) is 4.31 Å². The van der Waals surface area contributed by atoms with E-state index in [4.69, 9.17) is 4.74 Å². The van der Waals surface area contributed by atoms with E-state index in [0.29, 0.717) is 24.4 Å². The Kier molecular flexibility index (Phi) is 4.51. The Labute approximate surface area is 166 Å². The zero-order valence-corrected chi connectivity index (χ0v) is 17.6. The van der Waals surface area contributed by atoms with Crippen LogP contribution in [0.3, 0.4) is 0 Å². The minimum absolute atomic E-state index is 0.00852. The van der Waals surface area contributed by atoms with Gasteiger partial charge in [-0.05, 0) is 46.9 Å². The highest BCUT2D eigenvalue weighted by molar-refractivity contribution is 7.89. The van der Waals surface area contributed by atoms with Gasteiger partial charge in [0, 0.05) is 36.1 Å². The van der Waals surface area contributed by atoms with Gasteiger partial charge in [-0.3, -0.25) is 0 Å². The number of rotatable bonds is 3. The van der Waals surface area contributed by atoms with Gasteiger partial charge in [0.1, 0.15) is 5.75 Å². The smallest absolute Gasteiger partial charge is 0.243 e. The summed E-state index contributed by atoms with van der Waals surface area (Å²) in [6, 6.07) is 13.1. The van der Waals surface area contributed by atoms with Gasteiger partial charge in [-0.15, -0.1) is 0 Å². The van der Waals surface area contributed by atoms with Gasteiger partial charge in [0.15, 0.2) is 0 Å². The van der Waals surface area contributed by atoms with Gasteiger partial charge in [0.05, 0.1) is 12.0 Å². The van der Waals surface area contributed by atoms with Gasteiger partial charge in [0.25, 0.3) is 0 Å². The molecule has 2 aromatic carbocycles. The van der Waals surface area contributed by atoms with Crippen molar-refractivity contribution in [3.8, 4) is 5.75 Å². The summed E-state index contributed by atoms with van der Waals surface area (Å²) in [6.45, 7) is 7.20. The second kappa shape index (κ2) is 6.64. The van der Waals surface area contributed by atoms with E-state index in [9.17, 15) is 8.42 Å². The number of hydrogen-bond donors (Lipinski definition) is 1. The van der Waals surface area contributed by atoms with Crippen LogP contribution in [0.5, 0.6) is 5.75 Å². The Morgan fingerprint density at radius 2 is 1.79 bits per heavy atom. The van der Waals surface area contributed by atoms with Gasteiger partial charge < -0.3 is 9.72 Å². The molecule has 1 aliphatic rings. The van der Waals surface area contributed by atoms with Crippen LogP contribution < -0.4 is 4.74 Å². The third-order valence-electron chi connectivity index (χ3n) is 5.51. The quantitative estimate of drug-likeness (QED) is 0.718. The number of aromatic amines is 1. The van der Waals surface area contributed by atoms with Crippen molar-refractivity contribution in [3.63, 3.8) is 0 Å². The Balaban J connectivity index is 1.68. The predicted molar refractivity (Wildman–Crippen MR) is 111 cm³/mol. The number of sulfonamides is 1. The summed E-state index contributed by atoms with van der Waals surface area (Å²) < 4.78 is 33.4. The topological polar surface area (TPSA) is 62.4 Å². The molecular weight excluding hydrogens is 372 g/mol. The fourth-order valence-corrected chi connectivity index (χ4v) is 5.19. The second-order valence-electron chi connectivity index (χ2n) is 8.36. The number of nitrogens with zero attached hydrogens (tertiary/aromatic N) is 1. The maximum atomic E-state index is 13.2. The number of aromatic nitrogens is 1. The van der Waals surface area contributed by atoms with E-state index in [1.165, 1.54) is 0 Å². The third kappa shape index (κ3) is 3.20. The molecule has 2 heterocycles. The predicted octanol–water partition coefficient (Wildman–Crippen LogP) is 4.22. The van der Waals surface area contributed by atoms with Gasteiger partial charge in [-0.1, -0.05) is 32.9 Å². The van der Waals surface area contributed by atoms with E-state index in [0.717, 1.165) is 33.5 Å². The first-order chi connectivity index (χ1) is 13.2. The van der Waals surface area contributed by atoms with Crippen LogP contribution in [-0.4, -0.2) is 31.4 Å². The molecule has 6 heteroatoms. The van der Waals surface area contributed by atoms with Crippen LogP contribution in [0, 0.1) is 0 Å². The highest BCUT2D eigenvalue weighted by Crippen LogP contribution is 2.33. The molecule has 28 heavy (non-hydrogen) atoms. The highest BCUT2D eigenvalue weighted by atomic mass is 32.2. The first-order valence-corrected chi connectivity index (χ1v) is 10.9. The highest BCUT2D eigenvalue weighted by Gasteiger charge is 2.30. The van der Waals surface area contributed by atoms with Crippen molar-refractivity contribution >= 4 is 20.9 Å².